The van der Waals surface area contributed by atoms with Gasteiger partial charge in [0.05, 0.1) is 18.4 Å². The van der Waals surface area contributed by atoms with E-state index in [1.165, 1.54) is 13.2 Å². The second-order valence-corrected chi connectivity index (χ2v) is 6.76. The zero-order valence-corrected chi connectivity index (χ0v) is 13.7. The van der Waals surface area contributed by atoms with Crippen LogP contribution >= 0.6 is 0 Å². The van der Waals surface area contributed by atoms with Crippen LogP contribution < -0.4 is 15.2 Å². The minimum Gasteiger partial charge on any atom is -0.496 e. The predicted octanol–water partition coefficient (Wildman–Crippen LogP) is 1.83. The maximum atomic E-state index is 12.4. The summed E-state index contributed by atoms with van der Waals surface area (Å²) in [6.45, 7) is 1.77. The van der Waals surface area contributed by atoms with Gasteiger partial charge in [0, 0.05) is 5.69 Å². The Morgan fingerprint density at radius 2 is 1.83 bits per heavy atom. The van der Waals surface area contributed by atoms with E-state index in [-0.39, 0.29) is 11.3 Å². The highest BCUT2D eigenvalue weighted by Gasteiger charge is 2.15. The fraction of sp³-hybridized carbons (Fsp3) is 0.188. The monoisotopic (exact) mass is 334 g/mol. The number of methoxy groups -OCH3 is 1. The van der Waals surface area contributed by atoms with E-state index in [1.54, 1.807) is 43.3 Å². The van der Waals surface area contributed by atoms with Gasteiger partial charge in [0.15, 0.2) is 0 Å². The highest BCUT2D eigenvalue weighted by Crippen LogP contribution is 2.23. The summed E-state index contributed by atoms with van der Waals surface area (Å²) in [6.07, 6.45) is 0.116. The number of nitrogens with one attached hydrogen (secondary N) is 1. The molecule has 0 radical (unpaired) electrons. The number of primary amides is 1. The topological polar surface area (TPSA) is 98.5 Å². The summed E-state index contributed by atoms with van der Waals surface area (Å²) >= 11 is 0. The quantitative estimate of drug-likeness (QED) is 0.842. The van der Waals surface area contributed by atoms with Gasteiger partial charge in [0.25, 0.3) is 10.0 Å². The van der Waals surface area contributed by atoms with Gasteiger partial charge in [0.2, 0.25) is 5.91 Å². The second kappa shape index (κ2) is 6.70. The van der Waals surface area contributed by atoms with Gasteiger partial charge in [-0.2, -0.15) is 0 Å². The summed E-state index contributed by atoms with van der Waals surface area (Å²) in [7, 11) is -2.16. The minimum atomic E-state index is -3.69. The van der Waals surface area contributed by atoms with Crippen LogP contribution in [0.15, 0.2) is 47.4 Å². The van der Waals surface area contributed by atoms with Gasteiger partial charge >= 0.3 is 0 Å². The lowest BCUT2D eigenvalue weighted by Crippen LogP contribution is -2.14. The van der Waals surface area contributed by atoms with Crippen molar-refractivity contribution in [3.05, 3.63) is 53.6 Å². The first-order valence-corrected chi connectivity index (χ1v) is 8.35. The minimum absolute atomic E-state index is 0.116. The Labute approximate surface area is 135 Å². The number of nitrogens with two attached hydrogens (primary N) is 1. The Kier molecular flexibility index (Phi) is 4.90. The zero-order valence-electron chi connectivity index (χ0n) is 12.9. The molecule has 2 aromatic rings. The van der Waals surface area contributed by atoms with E-state index in [9.17, 15) is 13.2 Å². The van der Waals surface area contributed by atoms with Crippen LogP contribution in [0.4, 0.5) is 5.69 Å². The van der Waals surface area contributed by atoms with Crippen LogP contribution in [0.3, 0.4) is 0 Å². The number of benzene rings is 2. The number of sulfonamides is 1. The van der Waals surface area contributed by atoms with Gasteiger partial charge in [-0.3, -0.25) is 9.52 Å². The van der Waals surface area contributed by atoms with Crippen molar-refractivity contribution in [2.24, 2.45) is 5.73 Å². The molecule has 0 bridgehead atoms. The Hall–Kier alpha value is -2.54. The molecule has 0 atom stereocenters. The van der Waals surface area contributed by atoms with Gasteiger partial charge in [-0.1, -0.05) is 12.1 Å². The first kappa shape index (κ1) is 16.8. The number of rotatable bonds is 6. The van der Waals surface area contributed by atoms with Crippen molar-refractivity contribution >= 4 is 21.6 Å². The fourth-order valence-electron chi connectivity index (χ4n) is 2.12. The van der Waals surface area contributed by atoms with Gasteiger partial charge in [0.1, 0.15) is 5.75 Å². The first-order chi connectivity index (χ1) is 10.8. The molecule has 7 heteroatoms. The van der Waals surface area contributed by atoms with Crippen molar-refractivity contribution in [3.63, 3.8) is 0 Å². The number of anilines is 1. The van der Waals surface area contributed by atoms with E-state index in [2.05, 4.69) is 4.72 Å². The lowest BCUT2D eigenvalue weighted by atomic mass is 10.1. The summed E-state index contributed by atoms with van der Waals surface area (Å²) in [5.41, 5.74) is 6.98. The number of ether oxygens (including phenoxy) is 1. The van der Waals surface area contributed by atoms with E-state index < -0.39 is 15.9 Å². The molecule has 0 aliphatic heterocycles. The van der Waals surface area contributed by atoms with E-state index >= 15 is 0 Å². The highest BCUT2D eigenvalue weighted by molar-refractivity contribution is 7.92. The average Bonchev–Trinajstić information content (AvgIpc) is 2.48. The molecule has 6 nitrogen and oxygen atoms in total. The molecule has 0 fully saturated rings. The number of carbonyl (C=O) groups is 1. The van der Waals surface area contributed by atoms with Crippen molar-refractivity contribution in [2.45, 2.75) is 18.2 Å². The van der Waals surface area contributed by atoms with E-state index in [0.717, 1.165) is 11.1 Å². The number of hydrogen-bond donors (Lipinski definition) is 2. The maximum absolute atomic E-state index is 12.4. The third kappa shape index (κ3) is 4.23. The summed E-state index contributed by atoms with van der Waals surface area (Å²) < 4.78 is 32.4. The Morgan fingerprint density at radius 1 is 1.17 bits per heavy atom. The first-order valence-electron chi connectivity index (χ1n) is 6.86. The molecule has 0 aliphatic carbocycles. The van der Waals surface area contributed by atoms with Crippen LogP contribution in [-0.4, -0.2) is 21.4 Å². The van der Waals surface area contributed by atoms with Crippen LogP contribution in [0.2, 0.25) is 0 Å². The van der Waals surface area contributed by atoms with Crippen LogP contribution in [-0.2, 0) is 21.2 Å². The Balaban J connectivity index is 2.20. The van der Waals surface area contributed by atoms with E-state index in [1.807, 2.05) is 0 Å². The van der Waals surface area contributed by atoms with Crippen LogP contribution in [0.5, 0.6) is 5.75 Å². The lowest BCUT2D eigenvalue weighted by molar-refractivity contribution is -0.117. The zero-order chi connectivity index (χ0) is 17.0. The molecule has 122 valence electrons. The second-order valence-electron chi connectivity index (χ2n) is 5.08. The summed E-state index contributed by atoms with van der Waals surface area (Å²) in [4.78, 5) is 11.0. The number of amides is 1. The molecule has 1 amide bonds. The molecule has 23 heavy (non-hydrogen) atoms. The van der Waals surface area contributed by atoms with E-state index in [0.29, 0.717) is 11.4 Å². The standard InChI is InChI=1S/C16H18N2O4S/c1-11-9-14(7-8-15(11)22-2)23(20,21)18-13-5-3-12(4-6-13)10-16(17)19/h3-9,18H,10H2,1-2H3,(H2,17,19). The molecule has 0 heterocycles. The number of aryl methyl sites for hydroxylation is 1. The largest absolute Gasteiger partial charge is 0.496 e. The van der Waals surface area contributed by atoms with Crippen molar-refractivity contribution in [1.29, 1.82) is 0 Å². The average molecular weight is 334 g/mol. The lowest BCUT2D eigenvalue weighted by Gasteiger charge is -2.11. The van der Waals surface area contributed by atoms with Gasteiger partial charge in [-0.25, -0.2) is 8.42 Å². The maximum Gasteiger partial charge on any atom is 0.261 e. The molecule has 0 saturated carbocycles. The number of hydrogen-bond acceptors (Lipinski definition) is 4. The van der Waals surface area contributed by atoms with Crippen molar-refractivity contribution < 1.29 is 17.9 Å². The van der Waals surface area contributed by atoms with Gasteiger partial charge < -0.3 is 10.5 Å². The molecule has 0 unspecified atom stereocenters. The molecule has 0 saturated heterocycles. The predicted molar refractivity (Wildman–Crippen MR) is 87.9 cm³/mol. The summed E-state index contributed by atoms with van der Waals surface area (Å²) in [6, 6.07) is 11.1. The molecule has 2 aromatic carbocycles. The Bertz CT molecular complexity index is 814. The summed E-state index contributed by atoms with van der Waals surface area (Å²) in [5.74, 6) is 0.187. The van der Waals surface area contributed by atoms with Crippen LogP contribution in [0.1, 0.15) is 11.1 Å². The summed E-state index contributed by atoms with van der Waals surface area (Å²) in [5, 5.41) is 0. The van der Waals surface area contributed by atoms with Gasteiger partial charge in [-0.15, -0.1) is 0 Å². The SMILES string of the molecule is COc1ccc(S(=O)(=O)Nc2ccc(CC(N)=O)cc2)cc1C. The molecule has 0 aromatic heterocycles. The van der Waals surface area contributed by atoms with Crippen molar-refractivity contribution in [2.75, 3.05) is 11.8 Å². The third-order valence-electron chi connectivity index (χ3n) is 3.26. The van der Waals surface area contributed by atoms with E-state index in [4.69, 9.17) is 10.5 Å². The van der Waals surface area contributed by atoms with Gasteiger partial charge in [-0.05, 0) is 48.4 Å². The third-order valence-corrected chi connectivity index (χ3v) is 4.64. The highest BCUT2D eigenvalue weighted by atomic mass is 32.2. The Morgan fingerprint density at radius 3 is 2.35 bits per heavy atom. The normalized spacial score (nSPS) is 11.0. The van der Waals surface area contributed by atoms with Crippen molar-refractivity contribution in [3.8, 4) is 5.75 Å². The molecule has 0 aliphatic rings. The van der Waals surface area contributed by atoms with Crippen LogP contribution in [0, 0.1) is 6.92 Å². The molecule has 2 rings (SSSR count). The molecular weight excluding hydrogens is 316 g/mol. The number of carbonyl (C=O) groups excluding carboxylic acids is 1. The smallest absolute Gasteiger partial charge is 0.261 e. The van der Waals surface area contributed by atoms with Crippen molar-refractivity contribution in [1.82, 2.24) is 0 Å². The fourth-order valence-corrected chi connectivity index (χ4v) is 3.27. The molecular formula is C16H18N2O4S. The molecule has 0 spiro atoms. The van der Waals surface area contributed by atoms with Crippen LogP contribution in [0.25, 0.3) is 0 Å². The molecule has 3 N–H and O–H groups in total.